The fraction of sp³-hybridized carbons (Fsp3) is 0.500. The second kappa shape index (κ2) is 4.45. The van der Waals surface area contributed by atoms with E-state index < -0.39 is 0 Å². The monoisotopic (exact) mass is 195 g/mol. The number of halogens is 1. The quantitative estimate of drug-likeness (QED) is 0.774. The van der Waals surface area contributed by atoms with E-state index in [0.29, 0.717) is 6.04 Å². The fourth-order valence-electron chi connectivity index (χ4n) is 1.41. The van der Waals surface area contributed by atoms with Gasteiger partial charge in [-0.1, -0.05) is 13.8 Å². The van der Waals surface area contributed by atoms with Gasteiger partial charge in [0.2, 0.25) is 0 Å². The number of rotatable bonds is 3. The first-order chi connectivity index (χ1) is 6.50. The maximum Gasteiger partial charge on any atom is 0.126 e. The second-order valence-electron chi connectivity index (χ2n) is 4.19. The minimum absolute atomic E-state index is 0.116. The summed E-state index contributed by atoms with van der Waals surface area (Å²) in [6.45, 7) is 8.13. The van der Waals surface area contributed by atoms with E-state index in [4.69, 9.17) is 0 Å². The molecule has 0 atom stereocenters. The summed E-state index contributed by atoms with van der Waals surface area (Å²) in [7, 11) is 0. The molecule has 0 aliphatic rings. The van der Waals surface area contributed by atoms with Crippen LogP contribution in [0.25, 0.3) is 0 Å². The van der Waals surface area contributed by atoms with Crippen molar-refractivity contribution in [1.82, 2.24) is 0 Å². The lowest BCUT2D eigenvalue weighted by Crippen LogP contribution is -2.10. The van der Waals surface area contributed by atoms with Gasteiger partial charge in [-0.3, -0.25) is 0 Å². The van der Waals surface area contributed by atoms with E-state index >= 15 is 0 Å². The number of hydrogen-bond acceptors (Lipinski definition) is 1. The van der Waals surface area contributed by atoms with Crippen LogP contribution < -0.4 is 5.32 Å². The highest BCUT2D eigenvalue weighted by Crippen LogP contribution is 2.22. The van der Waals surface area contributed by atoms with Crippen LogP contribution in [0.4, 0.5) is 10.1 Å². The smallest absolute Gasteiger partial charge is 0.126 e. The van der Waals surface area contributed by atoms with Crippen LogP contribution in [0.1, 0.15) is 39.2 Å². The molecule has 0 aliphatic carbocycles. The minimum atomic E-state index is -0.116. The van der Waals surface area contributed by atoms with Crippen molar-refractivity contribution in [1.29, 1.82) is 0 Å². The third kappa shape index (κ3) is 2.72. The molecule has 0 radical (unpaired) electrons. The summed E-state index contributed by atoms with van der Waals surface area (Å²) in [5.74, 6) is 0.109. The Hall–Kier alpha value is -1.05. The van der Waals surface area contributed by atoms with Gasteiger partial charge in [-0.2, -0.15) is 0 Å². The third-order valence-corrected chi connectivity index (χ3v) is 2.07. The maximum absolute atomic E-state index is 13.3. The summed E-state index contributed by atoms with van der Waals surface area (Å²) in [5, 5.41) is 3.26. The fourth-order valence-corrected chi connectivity index (χ4v) is 1.41. The van der Waals surface area contributed by atoms with Crippen LogP contribution in [-0.2, 0) is 0 Å². The molecule has 1 nitrogen and oxygen atoms in total. The largest absolute Gasteiger partial charge is 0.383 e. The van der Waals surface area contributed by atoms with E-state index in [1.165, 1.54) is 6.07 Å². The molecule has 0 saturated heterocycles. The predicted molar refractivity (Wildman–Crippen MR) is 59.2 cm³/mol. The lowest BCUT2D eigenvalue weighted by atomic mass is 10.0. The Morgan fingerprint density at radius 3 is 2.29 bits per heavy atom. The Labute approximate surface area is 85.3 Å². The van der Waals surface area contributed by atoms with Gasteiger partial charge in [0, 0.05) is 11.7 Å². The van der Waals surface area contributed by atoms with E-state index in [9.17, 15) is 4.39 Å². The van der Waals surface area contributed by atoms with E-state index in [1.54, 1.807) is 6.07 Å². The molecule has 1 aromatic carbocycles. The van der Waals surface area contributed by atoms with E-state index in [1.807, 2.05) is 19.9 Å². The summed E-state index contributed by atoms with van der Waals surface area (Å²) < 4.78 is 13.3. The van der Waals surface area contributed by atoms with Crippen molar-refractivity contribution < 1.29 is 4.39 Å². The van der Waals surface area contributed by atoms with Crippen LogP contribution in [0.15, 0.2) is 18.2 Å². The topological polar surface area (TPSA) is 12.0 Å². The lowest BCUT2D eigenvalue weighted by Gasteiger charge is -2.13. The molecule has 2 heteroatoms. The molecule has 1 rings (SSSR count). The van der Waals surface area contributed by atoms with Gasteiger partial charge in [0.25, 0.3) is 0 Å². The van der Waals surface area contributed by atoms with Crippen molar-refractivity contribution in [3.63, 3.8) is 0 Å². The van der Waals surface area contributed by atoms with Gasteiger partial charge in [0.15, 0.2) is 0 Å². The highest BCUT2D eigenvalue weighted by Gasteiger charge is 2.07. The van der Waals surface area contributed by atoms with Crippen LogP contribution in [0.5, 0.6) is 0 Å². The molecule has 0 amide bonds. The van der Waals surface area contributed by atoms with E-state index in [0.717, 1.165) is 11.3 Å². The van der Waals surface area contributed by atoms with Gasteiger partial charge < -0.3 is 5.32 Å². The average Bonchev–Trinajstić information content (AvgIpc) is 2.07. The van der Waals surface area contributed by atoms with Crippen LogP contribution in [-0.4, -0.2) is 6.04 Å². The van der Waals surface area contributed by atoms with E-state index in [2.05, 4.69) is 19.2 Å². The summed E-state index contributed by atoms with van der Waals surface area (Å²) in [5.41, 5.74) is 1.76. The molecule has 0 aromatic heterocycles. The number of benzene rings is 1. The van der Waals surface area contributed by atoms with Crippen molar-refractivity contribution in [3.05, 3.63) is 29.6 Å². The predicted octanol–water partition coefficient (Wildman–Crippen LogP) is 3.77. The molecule has 0 bridgehead atoms. The molecular weight excluding hydrogens is 177 g/mol. The molecule has 14 heavy (non-hydrogen) atoms. The Morgan fingerprint density at radius 2 is 1.79 bits per heavy atom. The van der Waals surface area contributed by atoms with Gasteiger partial charge in [-0.25, -0.2) is 4.39 Å². The molecular formula is C12H18FN. The molecule has 0 aliphatic heterocycles. The van der Waals surface area contributed by atoms with Gasteiger partial charge in [0.1, 0.15) is 5.82 Å². The van der Waals surface area contributed by atoms with Gasteiger partial charge in [-0.05, 0) is 43.5 Å². The number of anilines is 1. The summed E-state index contributed by atoms with van der Waals surface area (Å²) >= 11 is 0. The highest BCUT2D eigenvalue weighted by molar-refractivity contribution is 5.47. The molecule has 1 N–H and O–H groups in total. The SMILES string of the molecule is CC(C)Nc1ccc(F)c(C(C)C)c1. The van der Waals surface area contributed by atoms with Crippen LogP contribution in [0.3, 0.4) is 0 Å². The maximum atomic E-state index is 13.3. The number of nitrogens with one attached hydrogen (secondary N) is 1. The first-order valence-corrected chi connectivity index (χ1v) is 5.06. The summed E-state index contributed by atoms with van der Waals surface area (Å²) in [4.78, 5) is 0. The van der Waals surface area contributed by atoms with Crippen LogP contribution in [0.2, 0.25) is 0 Å². The van der Waals surface area contributed by atoms with Crippen molar-refractivity contribution in [2.45, 2.75) is 39.7 Å². The Morgan fingerprint density at radius 1 is 1.14 bits per heavy atom. The van der Waals surface area contributed by atoms with Crippen molar-refractivity contribution in [3.8, 4) is 0 Å². The lowest BCUT2D eigenvalue weighted by molar-refractivity contribution is 0.598. The molecule has 1 aromatic rings. The van der Waals surface area contributed by atoms with Crippen LogP contribution >= 0.6 is 0 Å². The zero-order chi connectivity index (χ0) is 10.7. The Bertz CT molecular complexity index is 305. The summed E-state index contributed by atoms with van der Waals surface area (Å²) in [6.07, 6.45) is 0. The van der Waals surface area contributed by atoms with Crippen LogP contribution in [0, 0.1) is 5.82 Å². The van der Waals surface area contributed by atoms with E-state index in [-0.39, 0.29) is 11.7 Å². The molecule has 78 valence electrons. The zero-order valence-corrected chi connectivity index (χ0v) is 9.26. The van der Waals surface area contributed by atoms with Gasteiger partial charge >= 0.3 is 0 Å². The average molecular weight is 195 g/mol. The second-order valence-corrected chi connectivity index (χ2v) is 4.19. The highest BCUT2D eigenvalue weighted by atomic mass is 19.1. The van der Waals surface area contributed by atoms with Crippen molar-refractivity contribution in [2.75, 3.05) is 5.32 Å². The van der Waals surface area contributed by atoms with Crippen molar-refractivity contribution in [2.24, 2.45) is 0 Å². The molecule has 0 saturated carbocycles. The minimum Gasteiger partial charge on any atom is -0.383 e. The molecule has 0 unspecified atom stereocenters. The molecule has 0 fully saturated rings. The molecule has 0 heterocycles. The van der Waals surface area contributed by atoms with Gasteiger partial charge in [-0.15, -0.1) is 0 Å². The standard InChI is InChI=1S/C12H18FN/c1-8(2)11-7-10(14-9(3)4)5-6-12(11)13/h5-9,14H,1-4H3. The third-order valence-electron chi connectivity index (χ3n) is 2.07. The molecule has 0 spiro atoms. The Balaban J connectivity index is 2.94. The normalized spacial score (nSPS) is 11.1. The summed E-state index contributed by atoms with van der Waals surface area (Å²) in [6, 6.07) is 5.57. The van der Waals surface area contributed by atoms with Gasteiger partial charge in [0.05, 0.1) is 0 Å². The zero-order valence-electron chi connectivity index (χ0n) is 9.26. The Kier molecular flexibility index (Phi) is 3.50. The van der Waals surface area contributed by atoms with Crippen molar-refractivity contribution >= 4 is 5.69 Å². The first-order valence-electron chi connectivity index (χ1n) is 5.06. The first kappa shape index (κ1) is 11.0. The number of hydrogen-bond donors (Lipinski definition) is 1.